The summed E-state index contributed by atoms with van der Waals surface area (Å²) in [5, 5.41) is 1.57. The van der Waals surface area contributed by atoms with Crippen LogP contribution < -0.4 is 0 Å². The van der Waals surface area contributed by atoms with E-state index in [0.717, 1.165) is 12.8 Å². The fraction of sp³-hybridized carbons (Fsp3) is 0.308. The number of hydrogen-bond acceptors (Lipinski definition) is 0. The van der Waals surface area contributed by atoms with Gasteiger partial charge in [0.05, 0.1) is 0 Å². The van der Waals surface area contributed by atoms with Crippen LogP contribution in [0.25, 0.3) is 0 Å². The molecule has 0 heterocycles. The number of rotatable bonds is 2. The Bertz CT molecular complexity index is 385. The van der Waals surface area contributed by atoms with Gasteiger partial charge in [0.15, 0.2) is 0 Å². The first-order chi connectivity index (χ1) is 6.75. The number of hydrogen-bond donors (Lipinski definition) is 0. The normalized spacial score (nSPS) is 18.9. The Labute approximate surface area is 87.6 Å². The van der Waals surface area contributed by atoms with Crippen molar-refractivity contribution in [2.75, 3.05) is 0 Å². The van der Waals surface area contributed by atoms with Crippen LogP contribution in [0.3, 0.4) is 0 Å². The standard InChI is InChI=1S/C13H16Si/c1-14(2)13-8-7-12(10-13)9-11-5-3-4-6-11/h3-5,7-8,10H,6,9H2,1-2H3. The molecule has 0 unspecified atom stereocenters. The van der Waals surface area contributed by atoms with E-state index in [0.29, 0.717) is 0 Å². The van der Waals surface area contributed by atoms with Gasteiger partial charge in [-0.3, -0.25) is 0 Å². The van der Waals surface area contributed by atoms with Crippen LogP contribution in [0.15, 0.2) is 47.6 Å². The van der Waals surface area contributed by atoms with E-state index >= 15 is 0 Å². The summed E-state index contributed by atoms with van der Waals surface area (Å²) in [5.74, 6) is 0. The average molecular weight is 200 g/mol. The molecular formula is C13H16Si. The van der Waals surface area contributed by atoms with Crippen molar-refractivity contribution in [1.29, 1.82) is 0 Å². The first-order valence-electron chi connectivity index (χ1n) is 5.16. The summed E-state index contributed by atoms with van der Waals surface area (Å²) in [6.45, 7) is 4.69. The summed E-state index contributed by atoms with van der Waals surface area (Å²) in [4.78, 5) is 0. The molecular weight excluding hydrogens is 184 g/mol. The first kappa shape index (κ1) is 9.60. The third-order valence-corrected chi connectivity index (χ3v) is 4.14. The smallest absolute Gasteiger partial charge is 0.0128 e. The Kier molecular flexibility index (Phi) is 2.78. The molecule has 72 valence electrons. The topological polar surface area (TPSA) is 0 Å². The van der Waals surface area contributed by atoms with E-state index in [1.54, 1.807) is 10.7 Å². The molecule has 0 spiro atoms. The first-order valence-corrected chi connectivity index (χ1v) is 7.66. The maximum absolute atomic E-state index is 2.38. The molecule has 0 nitrogen and oxygen atoms in total. The molecule has 2 rings (SSSR count). The summed E-state index contributed by atoms with van der Waals surface area (Å²) in [6.07, 6.45) is 15.9. The lowest BCUT2D eigenvalue weighted by molar-refractivity contribution is 1.10. The lowest BCUT2D eigenvalue weighted by atomic mass is 10.1. The third-order valence-electron chi connectivity index (χ3n) is 2.67. The van der Waals surface area contributed by atoms with E-state index in [-0.39, 0.29) is 8.41 Å². The molecule has 0 fully saturated rings. The molecule has 0 radical (unpaired) electrons. The fourth-order valence-electron chi connectivity index (χ4n) is 1.80. The second-order valence-electron chi connectivity index (χ2n) is 4.14. The van der Waals surface area contributed by atoms with Crippen LogP contribution in [-0.2, 0) is 0 Å². The molecule has 0 aliphatic heterocycles. The monoisotopic (exact) mass is 200 g/mol. The molecule has 0 amide bonds. The summed E-state index contributed by atoms with van der Waals surface area (Å²) >= 11 is 0. The fourth-order valence-corrected chi connectivity index (χ4v) is 2.69. The van der Waals surface area contributed by atoms with Crippen molar-refractivity contribution in [3.05, 3.63) is 47.6 Å². The Morgan fingerprint density at radius 3 is 2.71 bits per heavy atom. The van der Waals surface area contributed by atoms with Crippen molar-refractivity contribution < 1.29 is 0 Å². The molecule has 0 bridgehead atoms. The Morgan fingerprint density at radius 2 is 2.14 bits per heavy atom. The molecule has 0 saturated carbocycles. The largest absolute Gasteiger partial charge is 0.0804 e. The molecule has 2 aliphatic rings. The van der Waals surface area contributed by atoms with Crippen LogP contribution in [-0.4, -0.2) is 13.6 Å². The Balaban J connectivity index is 2.05. The van der Waals surface area contributed by atoms with Gasteiger partial charge in [0.2, 0.25) is 0 Å². The van der Waals surface area contributed by atoms with E-state index in [2.05, 4.69) is 49.6 Å². The summed E-state index contributed by atoms with van der Waals surface area (Å²) < 4.78 is 0. The van der Waals surface area contributed by atoms with E-state index in [1.807, 2.05) is 0 Å². The van der Waals surface area contributed by atoms with E-state index in [1.165, 1.54) is 5.57 Å². The third kappa shape index (κ3) is 2.10. The van der Waals surface area contributed by atoms with Crippen molar-refractivity contribution in [3.8, 4) is 0 Å². The van der Waals surface area contributed by atoms with E-state index in [4.69, 9.17) is 0 Å². The van der Waals surface area contributed by atoms with Crippen LogP contribution in [0.2, 0.25) is 13.1 Å². The predicted molar refractivity (Wildman–Crippen MR) is 66.2 cm³/mol. The van der Waals surface area contributed by atoms with Gasteiger partial charge in [0.25, 0.3) is 0 Å². The van der Waals surface area contributed by atoms with Crippen molar-refractivity contribution in [1.82, 2.24) is 0 Å². The van der Waals surface area contributed by atoms with Crippen LogP contribution in [0.5, 0.6) is 0 Å². The lowest BCUT2D eigenvalue weighted by Gasteiger charge is -1.99. The highest BCUT2D eigenvalue weighted by atomic mass is 28.2. The van der Waals surface area contributed by atoms with Crippen LogP contribution >= 0.6 is 0 Å². The van der Waals surface area contributed by atoms with Crippen LogP contribution in [0.1, 0.15) is 12.8 Å². The molecule has 2 aliphatic carbocycles. The second-order valence-corrected chi connectivity index (χ2v) is 6.72. The maximum Gasteiger partial charge on any atom is 0.0128 e. The maximum atomic E-state index is 2.38. The second kappa shape index (κ2) is 4.05. The summed E-state index contributed by atoms with van der Waals surface area (Å²) in [5.41, 5.74) is 3.03. The zero-order valence-electron chi connectivity index (χ0n) is 8.88. The van der Waals surface area contributed by atoms with Gasteiger partial charge in [-0.2, -0.15) is 0 Å². The molecule has 0 N–H and O–H groups in total. The van der Waals surface area contributed by atoms with Crippen molar-refractivity contribution in [2.45, 2.75) is 25.9 Å². The van der Waals surface area contributed by atoms with Gasteiger partial charge < -0.3 is 0 Å². The lowest BCUT2D eigenvalue weighted by Crippen LogP contribution is -2.00. The van der Waals surface area contributed by atoms with Gasteiger partial charge >= 0.3 is 0 Å². The van der Waals surface area contributed by atoms with E-state index < -0.39 is 0 Å². The van der Waals surface area contributed by atoms with Gasteiger partial charge in [0, 0.05) is 8.41 Å². The van der Waals surface area contributed by atoms with Gasteiger partial charge in [-0.25, -0.2) is 0 Å². The van der Waals surface area contributed by atoms with Crippen LogP contribution in [0, 0.1) is 0 Å². The highest BCUT2D eigenvalue weighted by Crippen LogP contribution is 2.22. The molecule has 0 aromatic carbocycles. The Hall–Kier alpha value is -0.953. The Morgan fingerprint density at radius 1 is 1.29 bits per heavy atom. The van der Waals surface area contributed by atoms with Gasteiger partial charge in [-0.15, -0.1) is 0 Å². The van der Waals surface area contributed by atoms with Gasteiger partial charge in [-0.05, 0) is 23.6 Å². The number of allylic oxidation sites excluding steroid dienone is 8. The van der Waals surface area contributed by atoms with Crippen LogP contribution in [0.4, 0.5) is 0 Å². The highest BCUT2D eigenvalue weighted by molar-refractivity contribution is 6.73. The molecule has 14 heavy (non-hydrogen) atoms. The van der Waals surface area contributed by atoms with E-state index in [9.17, 15) is 0 Å². The summed E-state index contributed by atoms with van der Waals surface area (Å²) in [6, 6.07) is 0. The quantitative estimate of drug-likeness (QED) is 0.600. The highest BCUT2D eigenvalue weighted by Gasteiger charge is 2.06. The zero-order valence-corrected chi connectivity index (χ0v) is 9.88. The van der Waals surface area contributed by atoms with Crippen molar-refractivity contribution in [3.63, 3.8) is 0 Å². The van der Waals surface area contributed by atoms with Crippen molar-refractivity contribution >= 4 is 13.6 Å². The molecule has 0 aromatic rings. The minimum Gasteiger partial charge on any atom is -0.0804 e. The minimum absolute atomic E-state index is 0.259. The minimum atomic E-state index is -0.259. The van der Waals surface area contributed by atoms with Gasteiger partial charge in [-0.1, -0.05) is 55.1 Å². The zero-order chi connectivity index (χ0) is 9.97. The SMILES string of the molecule is C[Si](C)=C1C=CC(CC2=CC=CC2)=C1. The van der Waals surface area contributed by atoms with Gasteiger partial charge in [0.1, 0.15) is 0 Å². The summed E-state index contributed by atoms with van der Waals surface area (Å²) in [7, 11) is -0.259. The van der Waals surface area contributed by atoms with Crippen molar-refractivity contribution in [2.24, 2.45) is 0 Å². The average Bonchev–Trinajstić information content (AvgIpc) is 2.75. The molecule has 0 atom stereocenters. The molecule has 1 heteroatoms. The predicted octanol–water partition coefficient (Wildman–Crippen LogP) is 3.27. The molecule has 0 aromatic heterocycles. The molecule has 0 saturated heterocycles.